The van der Waals surface area contributed by atoms with Gasteiger partial charge in [0.1, 0.15) is 0 Å². The predicted octanol–water partition coefficient (Wildman–Crippen LogP) is 1.50. The lowest BCUT2D eigenvalue weighted by atomic mass is 10.1. The zero-order valence-electron chi connectivity index (χ0n) is 13.1. The van der Waals surface area contributed by atoms with Crippen molar-refractivity contribution in [3.8, 4) is 0 Å². The number of hydrogen-bond acceptors (Lipinski definition) is 4. The van der Waals surface area contributed by atoms with Gasteiger partial charge >= 0.3 is 0 Å². The first-order valence-electron chi connectivity index (χ1n) is 7.32. The molecular weight excluding hydrogens is 306 g/mol. The van der Waals surface area contributed by atoms with Crippen molar-refractivity contribution in [3.63, 3.8) is 0 Å². The van der Waals surface area contributed by atoms with Crippen LogP contribution in [0.5, 0.6) is 0 Å². The number of pyridine rings is 1. The Bertz CT molecular complexity index is 898. The van der Waals surface area contributed by atoms with Gasteiger partial charge in [-0.15, -0.1) is 0 Å². The highest BCUT2D eigenvalue weighted by Crippen LogP contribution is 2.23. The number of nitrogens with one attached hydrogen (secondary N) is 4. The summed E-state index contributed by atoms with van der Waals surface area (Å²) in [6.07, 6.45) is 1.62. The number of guanidine groups is 1. The van der Waals surface area contributed by atoms with Gasteiger partial charge < -0.3 is 16.4 Å². The Morgan fingerprint density at radius 3 is 2.75 bits per heavy atom. The molecular formula is C16H17N7O. The van der Waals surface area contributed by atoms with Gasteiger partial charge in [-0.3, -0.25) is 15.3 Å². The summed E-state index contributed by atoms with van der Waals surface area (Å²) in [5, 5.41) is 20.5. The summed E-state index contributed by atoms with van der Waals surface area (Å²) in [5.41, 5.74) is 8.79. The van der Waals surface area contributed by atoms with Gasteiger partial charge in [0.2, 0.25) is 0 Å². The van der Waals surface area contributed by atoms with Gasteiger partial charge in [0.05, 0.1) is 16.8 Å². The summed E-state index contributed by atoms with van der Waals surface area (Å²) < 4.78 is 0. The number of nitrogens with zero attached hydrogens (tertiary/aromatic N) is 2. The van der Waals surface area contributed by atoms with Gasteiger partial charge in [0, 0.05) is 18.3 Å². The van der Waals surface area contributed by atoms with Gasteiger partial charge in [-0.25, -0.2) is 4.98 Å². The standard InChI is InChI=1S/C16H17N7O/c1-9-13-12(6-7-19-14(13)23-22-9)21-15(24)11-4-2-10(3-5-11)8-20-16(17)18/h2-7H,8H2,1H3,(H4,17,18,20)(H2,19,21,22,23,24). The summed E-state index contributed by atoms with van der Waals surface area (Å²) in [5.74, 6) is -0.303. The summed E-state index contributed by atoms with van der Waals surface area (Å²) in [6.45, 7) is 2.30. The first kappa shape index (κ1) is 15.5. The molecule has 2 heterocycles. The molecule has 0 aliphatic heterocycles. The van der Waals surface area contributed by atoms with Crippen LogP contribution >= 0.6 is 0 Å². The van der Waals surface area contributed by atoms with Crippen molar-refractivity contribution in [3.05, 3.63) is 53.3 Å². The SMILES string of the molecule is Cc1n[nH]c2nccc(NC(=O)c3ccc(CNC(=N)N)cc3)c12. The lowest BCUT2D eigenvalue weighted by Gasteiger charge is -2.08. The van der Waals surface area contributed by atoms with Crippen LogP contribution in [0.4, 0.5) is 5.69 Å². The second-order valence-corrected chi connectivity index (χ2v) is 5.31. The Balaban J connectivity index is 1.77. The fraction of sp³-hybridized carbons (Fsp3) is 0.125. The molecule has 8 nitrogen and oxygen atoms in total. The van der Waals surface area contributed by atoms with Gasteiger partial charge in [-0.1, -0.05) is 12.1 Å². The largest absolute Gasteiger partial charge is 0.370 e. The molecule has 0 fully saturated rings. The van der Waals surface area contributed by atoms with E-state index < -0.39 is 0 Å². The number of hydrogen-bond donors (Lipinski definition) is 5. The van der Waals surface area contributed by atoms with Crippen LogP contribution in [0.2, 0.25) is 0 Å². The van der Waals surface area contributed by atoms with Crippen molar-refractivity contribution in [2.75, 3.05) is 5.32 Å². The number of nitrogens with two attached hydrogens (primary N) is 1. The van der Waals surface area contributed by atoms with E-state index in [1.165, 1.54) is 0 Å². The molecule has 0 unspecified atom stereocenters. The lowest BCUT2D eigenvalue weighted by molar-refractivity contribution is 0.102. The molecule has 24 heavy (non-hydrogen) atoms. The number of aromatic amines is 1. The van der Waals surface area contributed by atoms with Crippen LogP contribution in [-0.2, 0) is 6.54 Å². The van der Waals surface area contributed by atoms with Gasteiger partial charge in [0.25, 0.3) is 5.91 Å². The smallest absolute Gasteiger partial charge is 0.255 e. The van der Waals surface area contributed by atoms with Crippen LogP contribution in [-0.4, -0.2) is 27.0 Å². The number of aromatic nitrogens is 3. The molecule has 0 radical (unpaired) electrons. The van der Waals surface area contributed by atoms with E-state index in [0.717, 1.165) is 16.6 Å². The molecule has 0 aliphatic rings. The molecule has 3 rings (SSSR count). The summed E-state index contributed by atoms with van der Waals surface area (Å²) in [6, 6.07) is 8.83. The molecule has 0 spiro atoms. The number of fused-ring (bicyclic) bond motifs is 1. The molecule has 0 saturated carbocycles. The summed E-state index contributed by atoms with van der Waals surface area (Å²) >= 11 is 0. The van der Waals surface area contributed by atoms with Crippen LogP contribution in [0.15, 0.2) is 36.5 Å². The average molecular weight is 323 g/mol. The average Bonchev–Trinajstić information content (AvgIpc) is 2.96. The quantitative estimate of drug-likeness (QED) is 0.366. The van der Waals surface area contributed by atoms with Crippen LogP contribution in [0.1, 0.15) is 21.6 Å². The first-order chi connectivity index (χ1) is 11.5. The number of rotatable bonds is 4. The number of carbonyl (C=O) groups excluding carboxylic acids is 1. The lowest BCUT2D eigenvalue weighted by Crippen LogP contribution is -2.29. The molecule has 1 aromatic carbocycles. The second-order valence-electron chi connectivity index (χ2n) is 5.31. The van der Waals surface area contributed by atoms with E-state index in [9.17, 15) is 4.79 Å². The third kappa shape index (κ3) is 3.17. The Labute approximate surface area is 138 Å². The maximum absolute atomic E-state index is 12.4. The zero-order chi connectivity index (χ0) is 17.1. The van der Waals surface area contributed by atoms with Crippen LogP contribution in [0.3, 0.4) is 0 Å². The molecule has 6 N–H and O–H groups in total. The van der Waals surface area contributed by atoms with E-state index in [1.807, 2.05) is 19.1 Å². The second kappa shape index (κ2) is 6.37. The Hall–Kier alpha value is -3.42. The third-order valence-corrected chi connectivity index (χ3v) is 3.59. The molecule has 0 saturated heterocycles. The summed E-state index contributed by atoms with van der Waals surface area (Å²) in [7, 11) is 0. The van der Waals surface area contributed by atoms with Crippen molar-refractivity contribution in [2.24, 2.45) is 5.73 Å². The minimum Gasteiger partial charge on any atom is -0.370 e. The van der Waals surface area contributed by atoms with Crippen molar-refractivity contribution < 1.29 is 4.79 Å². The molecule has 0 bridgehead atoms. The van der Waals surface area contributed by atoms with Crippen LogP contribution < -0.4 is 16.4 Å². The molecule has 0 atom stereocenters. The predicted molar refractivity (Wildman–Crippen MR) is 91.8 cm³/mol. The van der Waals surface area contributed by atoms with Crippen molar-refractivity contribution in [2.45, 2.75) is 13.5 Å². The van der Waals surface area contributed by atoms with Gasteiger partial charge in [-0.05, 0) is 30.7 Å². The van der Waals surface area contributed by atoms with E-state index in [2.05, 4.69) is 25.8 Å². The fourth-order valence-electron chi connectivity index (χ4n) is 2.38. The van der Waals surface area contributed by atoms with E-state index in [4.69, 9.17) is 11.1 Å². The minimum absolute atomic E-state index is 0.0889. The number of aryl methyl sites for hydroxylation is 1. The Morgan fingerprint density at radius 2 is 2.04 bits per heavy atom. The normalized spacial score (nSPS) is 10.5. The number of benzene rings is 1. The maximum atomic E-state index is 12.4. The van der Waals surface area contributed by atoms with Gasteiger partial charge in [0.15, 0.2) is 11.6 Å². The molecule has 122 valence electrons. The summed E-state index contributed by atoms with van der Waals surface area (Å²) in [4.78, 5) is 16.6. The number of amides is 1. The first-order valence-corrected chi connectivity index (χ1v) is 7.32. The monoisotopic (exact) mass is 323 g/mol. The maximum Gasteiger partial charge on any atom is 0.255 e. The molecule has 8 heteroatoms. The zero-order valence-corrected chi connectivity index (χ0v) is 13.1. The number of H-pyrrole nitrogens is 1. The topological polar surface area (TPSA) is 133 Å². The van der Waals surface area contributed by atoms with Crippen molar-refractivity contribution in [1.82, 2.24) is 20.5 Å². The highest BCUT2D eigenvalue weighted by atomic mass is 16.1. The van der Waals surface area contributed by atoms with Crippen molar-refractivity contribution >= 4 is 28.6 Å². The number of anilines is 1. The van der Waals surface area contributed by atoms with E-state index in [1.54, 1.807) is 24.4 Å². The minimum atomic E-state index is -0.214. The Morgan fingerprint density at radius 1 is 1.29 bits per heavy atom. The Kier molecular flexibility index (Phi) is 4.11. The molecule has 0 aliphatic carbocycles. The molecule has 1 amide bonds. The highest BCUT2D eigenvalue weighted by molar-refractivity contribution is 6.08. The third-order valence-electron chi connectivity index (χ3n) is 3.59. The highest BCUT2D eigenvalue weighted by Gasteiger charge is 2.12. The van der Waals surface area contributed by atoms with Gasteiger partial charge in [-0.2, -0.15) is 5.10 Å². The molecule has 3 aromatic rings. The van der Waals surface area contributed by atoms with E-state index >= 15 is 0 Å². The van der Waals surface area contributed by atoms with Crippen LogP contribution in [0.25, 0.3) is 11.0 Å². The number of carbonyl (C=O) groups is 1. The molecule has 2 aromatic heterocycles. The van der Waals surface area contributed by atoms with Crippen molar-refractivity contribution in [1.29, 1.82) is 5.41 Å². The van der Waals surface area contributed by atoms with E-state index in [-0.39, 0.29) is 11.9 Å². The fourth-order valence-corrected chi connectivity index (χ4v) is 2.38. The van der Waals surface area contributed by atoms with Crippen LogP contribution in [0, 0.1) is 12.3 Å². The van der Waals surface area contributed by atoms with E-state index in [0.29, 0.717) is 23.4 Å².